The molecule has 0 aliphatic carbocycles. The molecule has 5 nitrogen and oxygen atoms in total. The van der Waals surface area contributed by atoms with E-state index in [-0.39, 0.29) is 17.9 Å². The first-order valence-corrected chi connectivity index (χ1v) is 5.31. The molecule has 0 saturated carbocycles. The van der Waals surface area contributed by atoms with Crippen molar-refractivity contribution in [3.05, 3.63) is 0 Å². The van der Waals surface area contributed by atoms with Crippen LogP contribution in [0.2, 0.25) is 0 Å². The Bertz CT molecular complexity index is 255. The fourth-order valence-corrected chi connectivity index (χ4v) is 1.90. The second-order valence-corrected chi connectivity index (χ2v) is 3.72. The quantitative estimate of drug-likeness (QED) is 0.659. The molecule has 15 heavy (non-hydrogen) atoms. The van der Waals surface area contributed by atoms with Gasteiger partial charge in [0.05, 0.1) is 0 Å². The number of hydrogen-bond donors (Lipinski definition) is 1. The minimum Gasteiger partial charge on any atom is -0.358 e. The summed E-state index contributed by atoms with van der Waals surface area (Å²) in [7, 11) is 1.63. The van der Waals surface area contributed by atoms with Crippen molar-refractivity contribution in [1.82, 2.24) is 15.1 Å². The number of carbonyl (C=O) groups excluding carboxylic acids is 2. The summed E-state index contributed by atoms with van der Waals surface area (Å²) in [5.74, 6) is 0.0301. The third-order valence-electron chi connectivity index (χ3n) is 2.89. The van der Waals surface area contributed by atoms with Crippen molar-refractivity contribution in [2.75, 3.05) is 33.2 Å². The number of nitrogens with zero attached hydrogens (tertiary/aromatic N) is 2. The average Bonchev–Trinajstić information content (AvgIpc) is 2.27. The molecule has 1 aliphatic heterocycles. The highest BCUT2D eigenvalue weighted by Crippen LogP contribution is 2.09. The first kappa shape index (κ1) is 12.0. The zero-order valence-corrected chi connectivity index (χ0v) is 9.62. The van der Waals surface area contributed by atoms with Gasteiger partial charge in [-0.15, -0.1) is 0 Å². The molecule has 1 saturated heterocycles. The van der Waals surface area contributed by atoms with E-state index in [9.17, 15) is 9.59 Å². The molecule has 86 valence electrons. The Morgan fingerprint density at radius 2 is 2.07 bits per heavy atom. The number of hydrogen-bond acceptors (Lipinski definition) is 3. The van der Waals surface area contributed by atoms with E-state index in [0.29, 0.717) is 6.54 Å². The highest BCUT2D eigenvalue weighted by atomic mass is 16.2. The Morgan fingerprint density at radius 1 is 1.40 bits per heavy atom. The number of amides is 2. The van der Waals surface area contributed by atoms with E-state index in [1.165, 1.54) is 0 Å². The molecule has 1 atom stereocenters. The zero-order chi connectivity index (χ0) is 11.4. The normalized spacial score (nSPS) is 22.6. The smallest absolute Gasteiger partial charge is 0.238 e. The molecule has 0 spiro atoms. The third-order valence-corrected chi connectivity index (χ3v) is 2.89. The molecule has 1 heterocycles. The van der Waals surface area contributed by atoms with Gasteiger partial charge >= 0.3 is 0 Å². The molecular formula is C10H19N3O2. The van der Waals surface area contributed by atoms with Crippen LogP contribution >= 0.6 is 0 Å². The van der Waals surface area contributed by atoms with Crippen LogP contribution in [0.15, 0.2) is 0 Å². The van der Waals surface area contributed by atoms with Crippen molar-refractivity contribution in [2.24, 2.45) is 0 Å². The summed E-state index contributed by atoms with van der Waals surface area (Å²) in [5.41, 5.74) is 0. The lowest BCUT2D eigenvalue weighted by Gasteiger charge is -2.39. The second-order valence-electron chi connectivity index (χ2n) is 3.72. The van der Waals surface area contributed by atoms with Gasteiger partial charge in [0.1, 0.15) is 6.04 Å². The van der Waals surface area contributed by atoms with Crippen LogP contribution in [0.4, 0.5) is 0 Å². The Kier molecular flexibility index (Phi) is 4.08. The summed E-state index contributed by atoms with van der Waals surface area (Å²) >= 11 is 0. The summed E-state index contributed by atoms with van der Waals surface area (Å²) < 4.78 is 0. The van der Waals surface area contributed by atoms with Gasteiger partial charge in [-0.25, -0.2) is 0 Å². The fourth-order valence-electron chi connectivity index (χ4n) is 1.90. The van der Waals surface area contributed by atoms with E-state index in [0.717, 1.165) is 19.6 Å². The van der Waals surface area contributed by atoms with Crippen LogP contribution in [0.1, 0.15) is 13.8 Å². The minimum absolute atomic E-state index is 0.0113. The average molecular weight is 213 g/mol. The van der Waals surface area contributed by atoms with Crippen molar-refractivity contribution in [1.29, 1.82) is 0 Å². The van der Waals surface area contributed by atoms with E-state index in [4.69, 9.17) is 0 Å². The third kappa shape index (κ3) is 2.68. The predicted octanol–water partition coefficient (Wildman–Crippen LogP) is -0.715. The Morgan fingerprint density at radius 3 is 2.53 bits per heavy atom. The second kappa shape index (κ2) is 5.11. The molecule has 0 radical (unpaired) electrons. The van der Waals surface area contributed by atoms with E-state index >= 15 is 0 Å². The van der Waals surface area contributed by atoms with Gasteiger partial charge in [-0.1, -0.05) is 6.92 Å². The number of likely N-dealkylation sites (N-methyl/N-ethyl adjacent to an activating group) is 2. The molecule has 1 N–H and O–H groups in total. The molecule has 5 heteroatoms. The van der Waals surface area contributed by atoms with Crippen LogP contribution in [0, 0.1) is 0 Å². The topological polar surface area (TPSA) is 52.7 Å². The van der Waals surface area contributed by atoms with E-state index in [1.807, 2.05) is 6.92 Å². The van der Waals surface area contributed by atoms with Crippen LogP contribution in [-0.2, 0) is 9.59 Å². The van der Waals surface area contributed by atoms with Crippen molar-refractivity contribution >= 4 is 11.8 Å². The van der Waals surface area contributed by atoms with Crippen LogP contribution in [-0.4, -0.2) is 60.9 Å². The molecule has 0 aromatic rings. The van der Waals surface area contributed by atoms with Crippen LogP contribution < -0.4 is 5.32 Å². The van der Waals surface area contributed by atoms with E-state index in [2.05, 4.69) is 10.2 Å². The van der Waals surface area contributed by atoms with E-state index < -0.39 is 0 Å². The lowest BCUT2D eigenvalue weighted by molar-refractivity contribution is -0.136. The maximum absolute atomic E-state index is 11.6. The maximum Gasteiger partial charge on any atom is 0.238 e. The lowest BCUT2D eigenvalue weighted by atomic mass is 10.1. The van der Waals surface area contributed by atoms with Crippen LogP contribution in [0.25, 0.3) is 0 Å². The largest absolute Gasteiger partial charge is 0.358 e. The van der Waals surface area contributed by atoms with Crippen molar-refractivity contribution in [3.8, 4) is 0 Å². The van der Waals surface area contributed by atoms with Crippen LogP contribution in [0.3, 0.4) is 0 Å². The molecule has 0 bridgehead atoms. The summed E-state index contributed by atoms with van der Waals surface area (Å²) in [4.78, 5) is 26.7. The highest BCUT2D eigenvalue weighted by Gasteiger charge is 2.31. The Hall–Kier alpha value is -1.10. The number of rotatable bonds is 2. The van der Waals surface area contributed by atoms with Gasteiger partial charge in [0.25, 0.3) is 0 Å². The maximum atomic E-state index is 11.6. The minimum atomic E-state index is -0.197. The van der Waals surface area contributed by atoms with Gasteiger partial charge in [-0.3, -0.25) is 14.5 Å². The van der Waals surface area contributed by atoms with Crippen molar-refractivity contribution < 1.29 is 9.59 Å². The predicted molar refractivity (Wildman–Crippen MR) is 57.4 cm³/mol. The number of carbonyl (C=O) groups is 2. The SMILES string of the molecule is CCN1CCN(C(C)=O)CC1C(=O)NC. The Labute approximate surface area is 90.4 Å². The lowest BCUT2D eigenvalue weighted by Crippen LogP contribution is -2.59. The van der Waals surface area contributed by atoms with Gasteiger partial charge in [0.2, 0.25) is 11.8 Å². The van der Waals surface area contributed by atoms with E-state index in [1.54, 1.807) is 18.9 Å². The molecule has 0 aromatic carbocycles. The molecule has 1 fully saturated rings. The molecular weight excluding hydrogens is 194 g/mol. The molecule has 1 unspecified atom stereocenters. The van der Waals surface area contributed by atoms with Gasteiger partial charge in [-0.2, -0.15) is 0 Å². The Balaban J connectivity index is 2.69. The van der Waals surface area contributed by atoms with Crippen molar-refractivity contribution in [2.45, 2.75) is 19.9 Å². The summed E-state index contributed by atoms with van der Waals surface area (Å²) in [6, 6.07) is -0.197. The molecule has 0 aromatic heterocycles. The first-order chi connectivity index (χ1) is 7.10. The van der Waals surface area contributed by atoms with Crippen molar-refractivity contribution in [3.63, 3.8) is 0 Å². The summed E-state index contributed by atoms with van der Waals surface area (Å²) in [6.45, 7) is 6.40. The van der Waals surface area contributed by atoms with Crippen LogP contribution in [0.5, 0.6) is 0 Å². The van der Waals surface area contributed by atoms with Gasteiger partial charge < -0.3 is 10.2 Å². The summed E-state index contributed by atoms with van der Waals surface area (Å²) in [5, 5.41) is 2.64. The zero-order valence-electron chi connectivity index (χ0n) is 9.62. The number of piperazine rings is 1. The first-order valence-electron chi connectivity index (χ1n) is 5.31. The monoisotopic (exact) mass is 213 g/mol. The molecule has 1 aliphatic rings. The van der Waals surface area contributed by atoms with Gasteiger partial charge in [0.15, 0.2) is 0 Å². The fraction of sp³-hybridized carbons (Fsp3) is 0.800. The highest BCUT2D eigenvalue weighted by molar-refractivity contribution is 5.83. The standard InChI is InChI=1S/C10H19N3O2/c1-4-12-5-6-13(8(2)14)7-9(12)10(15)11-3/h9H,4-7H2,1-3H3,(H,11,15). The number of nitrogens with one attached hydrogen (secondary N) is 1. The molecule has 1 rings (SSSR count). The van der Waals surface area contributed by atoms with Gasteiger partial charge in [0, 0.05) is 33.6 Å². The molecule has 2 amide bonds. The summed E-state index contributed by atoms with van der Waals surface area (Å²) in [6.07, 6.45) is 0. The van der Waals surface area contributed by atoms with Gasteiger partial charge in [-0.05, 0) is 6.54 Å².